The number of phenolic OH excluding ortho intramolecular Hbond substituents is 2. The standard InChI is InChI=1S/C28H22N2O4/c29-13-7-2-8-14-30-22-12-6-5-11-20(22)21(27(30)18-9-3-1-4-10-18)17-25-28(33)26-23(32)15-19(31)16-24(26)34-25/h1,3-6,9-12,15-17,31-32H,2,7-8,14H2. The van der Waals surface area contributed by atoms with Crippen molar-refractivity contribution in [2.75, 3.05) is 0 Å². The summed E-state index contributed by atoms with van der Waals surface area (Å²) in [7, 11) is 0. The SMILES string of the molecule is N#CCCCCn1c(-c2ccccc2)c(C=C2Oc3cc(O)cc(O)c3C2=O)c2ccccc21. The average molecular weight is 450 g/mol. The van der Waals surface area contributed by atoms with Gasteiger partial charge in [0, 0.05) is 41.6 Å². The number of rotatable bonds is 6. The van der Waals surface area contributed by atoms with Gasteiger partial charge in [-0.15, -0.1) is 0 Å². The fraction of sp³-hybridized carbons (Fsp3) is 0.143. The van der Waals surface area contributed by atoms with E-state index in [9.17, 15) is 15.0 Å². The fourth-order valence-electron chi connectivity index (χ4n) is 4.50. The van der Waals surface area contributed by atoms with E-state index >= 15 is 0 Å². The van der Waals surface area contributed by atoms with Crippen molar-refractivity contribution < 1.29 is 19.7 Å². The molecule has 168 valence electrons. The number of carbonyl (C=O) groups excluding carboxylic acids is 1. The molecule has 0 radical (unpaired) electrons. The summed E-state index contributed by atoms with van der Waals surface area (Å²) in [6, 6.07) is 22.6. The van der Waals surface area contributed by atoms with E-state index in [2.05, 4.69) is 10.6 Å². The van der Waals surface area contributed by atoms with E-state index < -0.39 is 5.78 Å². The van der Waals surface area contributed by atoms with Gasteiger partial charge < -0.3 is 19.5 Å². The molecule has 1 aromatic heterocycles. The Morgan fingerprint density at radius 3 is 2.56 bits per heavy atom. The Hall–Kier alpha value is -4.50. The minimum atomic E-state index is -0.433. The summed E-state index contributed by atoms with van der Waals surface area (Å²) < 4.78 is 8.02. The highest BCUT2D eigenvalue weighted by atomic mass is 16.5. The van der Waals surface area contributed by atoms with E-state index in [1.165, 1.54) is 6.07 Å². The van der Waals surface area contributed by atoms with Crippen molar-refractivity contribution in [3.05, 3.63) is 83.6 Å². The fourth-order valence-corrected chi connectivity index (χ4v) is 4.50. The van der Waals surface area contributed by atoms with Crippen LogP contribution in [-0.4, -0.2) is 20.6 Å². The van der Waals surface area contributed by atoms with Crippen LogP contribution in [0.15, 0.2) is 72.5 Å². The molecule has 1 aliphatic heterocycles. The van der Waals surface area contributed by atoms with Gasteiger partial charge in [0.05, 0.1) is 11.8 Å². The highest BCUT2D eigenvalue weighted by molar-refractivity contribution is 6.17. The Labute approximate surface area is 196 Å². The summed E-state index contributed by atoms with van der Waals surface area (Å²) in [6.07, 6.45) is 3.87. The second-order valence-electron chi connectivity index (χ2n) is 8.19. The number of phenols is 2. The van der Waals surface area contributed by atoms with Crippen LogP contribution in [0.25, 0.3) is 28.2 Å². The number of aromatic hydroxyl groups is 2. The maximum Gasteiger partial charge on any atom is 0.235 e. The van der Waals surface area contributed by atoms with E-state index in [0.29, 0.717) is 6.42 Å². The van der Waals surface area contributed by atoms with Crippen LogP contribution in [0, 0.1) is 11.3 Å². The summed E-state index contributed by atoms with van der Waals surface area (Å²) in [5.41, 5.74) is 3.85. The Bertz CT molecular complexity index is 1480. The smallest absolute Gasteiger partial charge is 0.235 e. The van der Waals surface area contributed by atoms with E-state index in [0.717, 1.165) is 53.2 Å². The van der Waals surface area contributed by atoms with Gasteiger partial charge in [-0.3, -0.25) is 4.79 Å². The van der Waals surface area contributed by atoms with Crippen molar-refractivity contribution in [2.45, 2.75) is 25.8 Å². The van der Waals surface area contributed by atoms with Gasteiger partial charge in [-0.2, -0.15) is 5.26 Å². The summed E-state index contributed by atoms with van der Waals surface area (Å²) in [4.78, 5) is 13.1. The number of aromatic nitrogens is 1. The van der Waals surface area contributed by atoms with Gasteiger partial charge >= 0.3 is 0 Å². The average Bonchev–Trinajstić information content (AvgIpc) is 3.32. The number of Topliss-reactive ketones (excluding diaryl/α,β-unsaturated/α-hetero) is 1. The maximum atomic E-state index is 13.1. The highest BCUT2D eigenvalue weighted by Crippen LogP contribution is 2.42. The first kappa shape index (κ1) is 21.4. The second-order valence-corrected chi connectivity index (χ2v) is 8.19. The normalized spacial score (nSPS) is 13.7. The van der Waals surface area contributed by atoms with Crippen LogP contribution in [0.4, 0.5) is 0 Å². The molecule has 0 unspecified atom stereocenters. The lowest BCUT2D eigenvalue weighted by molar-refractivity contribution is 0.101. The molecule has 6 heteroatoms. The monoisotopic (exact) mass is 450 g/mol. The zero-order valence-electron chi connectivity index (χ0n) is 18.4. The molecule has 6 nitrogen and oxygen atoms in total. The third kappa shape index (κ3) is 3.67. The Kier molecular flexibility index (Phi) is 5.52. The Morgan fingerprint density at radius 2 is 1.76 bits per heavy atom. The molecular weight excluding hydrogens is 428 g/mol. The molecule has 1 aliphatic rings. The van der Waals surface area contributed by atoms with Crippen LogP contribution >= 0.6 is 0 Å². The molecule has 4 aromatic rings. The van der Waals surface area contributed by atoms with Gasteiger partial charge in [-0.1, -0.05) is 48.5 Å². The molecule has 0 amide bonds. The van der Waals surface area contributed by atoms with Crippen molar-refractivity contribution in [2.24, 2.45) is 0 Å². The van der Waals surface area contributed by atoms with E-state index in [4.69, 9.17) is 10.00 Å². The molecule has 3 aromatic carbocycles. The summed E-state index contributed by atoms with van der Waals surface area (Å²) in [6.45, 7) is 0.722. The number of aryl methyl sites for hydroxylation is 1. The lowest BCUT2D eigenvalue weighted by atomic mass is 10.0. The van der Waals surface area contributed by atoms with E-state index in [-0.39, 0.29) is 28.6 Å². The number of nitrogens with zero attached hydrogens (tertiary/aromatic N) is 2. The molecule has 0 aliphatic carbocycles. The van der Waals surface area contributed by atoms with Gasteiger partial charge in [0.2, 0.25) is 5.78 Å². The Morgan fingerprint density at radius 1 is 1.00 bits per heavy atom. The molecule has 34 heavy (non-hydrogen) atoms. The number of carbonyl (C=O) groups is 1. The number of unbranched alkanes of at least 4 members (excludes halogenated alkanes) is 2. The summed E-state index contributed by atoms with van der Waals surface area (Å²) in [5.74, 6) is -0.705. The number of hydrogen-bond acceptors (Lipinski definition) is 5. The van der Waals surface area contributed by atoms with E-state index in [1.807, 2.05) is 54.6 Å². The van der Waals surface area contributed by atoms with Crippen molar-refractivity contribution in [3.8, 4) is 34.6 Å². The summed E-state index contributed by atoms with van der Waals surface area (Å²) >= 11 is 0. The zero-order valence-corrected chi connectivity index (χ0v) is 18.4. The first-order chi connectivity index (χ1) is 16.6. The topological polar surface area (TPSA) is 95.5 Å². The zero-order chi connectivity index (χ0) is 23.7. The number of hydrogen-bond donors (Lipinski definition) is 2. The molecule has 0 fully saturated rings. The molecule has 0 spiro atoms. The largest absolute Gasteiger partial charge is 0.508 e. The van der Waals surface area contributed by atoms with Gasteiger partial charge in [0.15, 0.2) is 5.76 Å². The Balaban J connectivity index is 1.69. The van der Waals surface area contributed by atoms with Crippen LogP contribution in [0.1, 0.15) is 35.2 Å². The number of fused-ring (bicyclic) bond motifs is 2. The molecule has 0 atom stereocenters. The third-order valence-electron chi connectivity index (χ3n) is 5.99. The lowest BCUT2D eigenvalue weighted by Gasteiger charge is -2.12. The van der Waals surface area contributed by atoms with Crippen molar-refractivity contribution in [1.29, 1.82) is 5.26 Å². The summed E-state index contributed by atoms with van der Waals surface area (Å²) in [5, 5.41) is 29.9. The number of ether oxygens (including phenoxy) is 1. The van der Waals surface area contributed by atoms with Crippen LogP contribution in [-0.2, 0) is 6.54 Å². The molecule has 5 rings (SSSR count). The number of ketones is 1. The van der Waals surface area contributed by atoms with Gasteiger partial charge in [0.1, 0.15) is 22.8 Å². The predicted molar refractivity (Wildman–Crippen MR) is 130 cm³/mol. The minimum Gasteiger partial charge on any atom is -0.508 e. The molecular formula is C28H22N2O4. The van der Waals surface area contributed by atoms with Gasteiger partial charge in [-0.05, 0) is 30.5 Å². The first-order valence-electron chi connectivity index (χ1n) is 11.1. The molecule has 2 N–H and O–H groups in total. The third-order valence-corrected chi connectivity index (χ3v) is 5.99. The highest BCUT2D eigenvalue weighted by Gasteiger charge is 2.32. The van der Waals surface area contributed by atoms with Crippen LogP contribution in [0.3, 0.4) is 0 Å². The van der Waals surface area contributed by atoms with Crippen LogP contribution in [0.2, 0.25) is 0 Å². The molecule has 0 saturated carbocycles. The first-order valence-corrected chi connectivity index (χ1v) is 11.1. The lowest BCUT2D eigenvalue weighted by Crippen LogP contribution is -2.02. The molecule has 0 bridgehead atoms. The van der Waals surface area contributed by atoms with Crippen LogP contribution in [0.5, 0.6) is 17.2 Å². The molecule has 2 heterocycles. The number of para-hydroxylation sites is 1. The number of nitriles is 1. The number of benzene rings is 3. The second kappa shape index (κ2) is 8.80. The van der Waals surface area contributed by atoms with E-state index in [1.54, 1.807) is 6.08 Å². The van der Waals surface area contributed by atoms with Crippen molar-refractivity contribution in [3.63, 3.8) is 0 Å². The van der Waals surface area contributed by atoms with Gasteiger partial charge in [0.25, 0.3) is 0 Å². The van der Waals surface area contributed by atoms with Crippen molar-refractivity contribution >= 4 is 22.8 Å². The number of allylic oxidation sites excluding steroid dienone is 1. The van der Waals surface area contributed by atoms with Crippen LogP contribution < -0.4 is 4.74 Å². The molecule has 0 saturated heterocycles. The quantitative estimate of drug-likeness (QED) is 0.276. The van der Waals surface area contributed by atoms with Crippen molar-refractivity contribution in [1.82, 2.24) is 4.57 Å². The predicted octanol–water partition coefficient (Wildman–Crippen LogP) is 6.03. The maximum absolute atomic E-state index is 13.1. The minimum absolute atomic E-state index is 0.0468. The van der Waals surface area contributed by atoms with Gasteiger partial charge in [-0.25, -0.2) is 0 Å².